The Bertz CT molecular complexity index is 3160. The van der Waals surface area contributed by atoms with Crippen LogP contribution in [-0.4, -0.2) is 24.1 Å². The first kappa shape index (κ1) is 31.9. The Morgan fingerprint density at radius 3 is 1.39 bits per heavy atom. The molecule has 0 unspecified atom stereocenters. The van der Waals surface area contributed by atoms with E-state index in [2.05, 4.69) is 173 Å². The molecule has 0 bridgehead atoms. The maximum absolute atomic E-state index is 5.29. The number of aromatic nitrogens is 5. The van der Waals surface area contributed by atoms with Gasteiger partial charge in [-0.05, 0) is 35.4 Å². The lowest BCUT2D eigenvalue weighted by Crippen LogP contribution is -2.07. The molecule has 8 aromatic carbocycles. The summed E-state index contributed by atoms with van der Waals surface area (Å²) in [5.41, 5.74) is 11.9. The maximum Gasteiger partial charge on any atom is 0.238 e. The Hall–Kier alpha value is -7.63. The van der Waals surface area contributed by atoms with Gasteiger partial charge in [0.1, 0.15) is 0 Å². The lowest BCUT2D eigenvalue weighted by atomic mass is 9.91. The predicted molar refractivity (Wildman–Crippen MR) is 230 cm³/mol. The molecule has 0 fully saturated rings. The van der Waals surface area contributed by atoms with Gasteiger partial charge in [0.05, 0.1) is 22.1 Å². The molecular formula is C51H33N5. The molecular weight excluding hydrogens is 683 g/mol. The van der Waals surface area contributed by atoms with Gasteiger partial charge in [-0.2, -0.15) is 9.97 Å². The summed E-state index contributed by atoms with van der Waals surface area (Å²) >= 11 is 0. The quantitative estimate of drug-likeness (QED) is 0.172. The van der Waals surface area contributed by atoms with E-state index in [-0.39, 0.29) is 0 Å². The third-order valence-corrected chi connectivity index (χ3v) is 10.8. The van der Waals surface area contributed by atoms with Crippen LogP contribution in [0, 0.1) is 0 Å². The standard InChI is InChI=1S/C51H33N5/c1-5-18-34(19-6-1)38-32-33-42-40-27-13-15-30-44(40)55(37-24-11-4-12-25-37)48(42)46(38)43-29-17-28-41-39-26-14-16-31-45(39)56(47(41)43)51-53-49(35-20-7-2-8-21-35)52-50(54-51)36-22-9-3-10-23-36/h1-33H. The minimum atomic E-state index is 0.563. The van der Waals surface area contributed by atoms with Gasteiger partial charge >= 0.3 is 0 Å². The SMILES string of the molecule is c1ccc(-c2nc(-c3ccccc3)nc(-n3c4ccccc4c4cccc(-c5c(-c6ccccc6)ccc6c7ccccc7n(-c7ccccc7)c56)c43)n2)cc1. The van der Waals surface area contributed by atoms with Crippen LogP contribution in [0.25, 0.3) is 100 Å². The molecule has 0 aliphatic rings. The Kier molecular flexibility index (Phi) is 7.42. The van der Waals surface area contributed by atoms with Crippen molar-refractivity contribution >= 4 is 43.6 Å². The second-order valence-electron chi connectivity index (χ2n) is 14.0. The predicted octanol–water partition coefficient (Wildman–Crippen LogP) is 12.7. The van der Waals surface area contributed by atoms with Gasteiger partial charge in [-0.1, -0.05) is 176 Å². The first-order chi connectivity index (χ1) is 27.8. The molecule has 5 heteroatoms. The average molecular weight is 716 g/mol. The first-order valence-corrected chi connectivity index (χ1v) is 18.9. The number of hydrogen-bond donors (Lipinski definition) is 0. The van der Waals surface area contributed by atoms with E-state index in [4.69, 9.17) is 15.0 Å². The fourth-order valence-corrected chi connectivity index (χ4v) is 8.36. The van der Waals surface area contributed by atoms with Crippen molar-refractivity contribution in [3.8, 4) is 56.7 Å². The van der Waals surface area contributed by atoms with Crippen LogP contribution in [-0.2, 0) is 0 Å². The van der Waals surface area contributed by atoms with Crippen molar-refractivity contribution in [2.75, 3.05) is 0 Å². The minimum absolute atomic E-state index is 0.563. The maximum atomic E-state index is 5.29. The summed E-state index contributed by atoms with van der Waals surface area (Å²) in [4.78, 5) is 15.6. The third-order valence-electron chi connectivity index (χ3n) is 10.8. The van der Waals surface area contributed by atoms with E-state index in [1.807, 2.05) is 36.4 Å². The lowest BCUT2D eigenvalue weighted by molar-refractivity contribution is 0.954. The molecule has 0 aliphatic carbocycles. The number of fused-ring (bicyclic) bond motifs is 6. The summed E-state index contributed by atoms with van der Waals surface area (Å²) in [6.45, 7) is 0. The lowest BCUT2D eigenvalue weighted by Gasteiger charge is -2.18. The van der Waals surface area contributed by atoms with Crippen molar-refractivity contribution in [2.24, 2.45) is 0 Å². The summed E-state index contributed by atoms with van der Waals surface area (Å²) in [6.07, 6.45) is 0. The van der Waals surface area contributed by atoms with E-state index in [0.717, 1.165) is 71.9 Å². The van der Waals surface area contributed by atoms with Gasteiger partial charge in [-0.15, -0.1) is 0 Å². The number of rotatable bonds is 6. The second-order valence-corrected chi connectivity index (χ2v) is 14.0. The molecule has 0 saturated heterocycles. The molecule has 0 spiro atoms. The van der Waals surface area contributed by atoms with Crippen molar-refractivity contribution in [3.05, 3.63) is 200 Å². The fourth-order valence-electron chi connectivity index (χ4n) is 8.36. The van der Waals surface area contributed by atoms with Crippen molar-refractivity contribution in [3.63, 3.8) is 0 Å². The molecule has 0 N–H and O–H groups in total. The molecule has 0 amide bonds. The highest BCUT2D eigenvalue weighted by Crippen LogP contribution is 2.47. The summed E-state index contributed by atoms with van der Waals surface area (Å²) in [5.74, 6) is 1.80. The molecule has 56 heavy (non-hydrogen) atoms. The zero-order chi connectivity index (χ0) is 37.0. The number of benzene rings is 8. The van der Waals surface area contributed by atoms with Gasteiger partial charge in [-0.3, -0.25) is 4.57 Å². The van der Waals surface area contributed by atoms with Crippen molar-refractivity contribution < 1.29 is 0 Å². The molecule has 3 heterocycles. The summed E-state index contributed by atoms with van der Waals surface area (Å²) < 4.78 is 4.69. The van der Waals surface area contributed by atoms with E-state index >= 15 is 0 Å². The number of hydrogen-bond acceptors (Lipinski definition) is 3. The van der Waals surface area contributed by atoms with Crippen LogP contribution in [0.5, 0.6) is 0 Å². The molecule has 0 atom stereocenters. The molecule has 0 aliphatic heterocycles. The van der Waals surface area contributed by atoms with Gasteiger partial charge in [0.15, 0.2) is 11.6 Å². The van der Waals surface area contributed by atoms with Gasteiger partial charge in [0, 0.05) is 49.5 Å². The average Bonchev–Trinajstić information content (AvgIpc) is 3.80. The van der Waals surface area contributed by atoms with Crippen LogP contribution in [0.2, 0.25) is 0 Å². The highest BCUT2D eigenvalue weighted by molar-refractivity contribution is 6.21. The summed E-state index contributed by atoms with van der Waals surface area (Å²) in [6, 6.07) is 70.4. The summed E-state index contributed by atoms with van der Waals surface area (Å²) in [7, 11) is 0. The smallest absolute Gasteiger partial charge is 0.238 e. The van der Waals surface area contributed by atoms with Crippen molar-refractivity contribution in [1.29, 1.82) is 0 Å². The van der Waals surface area contributed by atoms with E-state index in [1.165, 1.54) is 10.8 Å². The molecule has 0 saturated carbocycles. The van der Waals surface area contributed by atoms with Crippen molar-refractivity contribution in [1.82, 2.24) is 24.1 Å². The molecule has 11 aromatic rings. The van der Waals surface area contributed by atoms with Crippen LogP contribution >= 0.6 is 0 Å². The zero-order valence-electron chi connectivity index (χ0n) is 30.3. The van der Waals surface area contributed by atoms with E-state index < -0.39 is 0 Å². The van der Waals surface area contributed by atoms with Gasteiger partial charge in [0.2, 0.25) is 5.95 Å². The van der Waals surface area contributed by atoms with Gasteiger partial charge in [0.25, 0.3) is 0 Å². The fraction of sp³-hybridized carbons (Fsp3) is 0. The Labute approximate surface area is 323 Å². The van der Waals surface area contributed by atoms with E-state index in [0.29, 0.717) is 17.6 Å². The van der Waals surface area contributed by atoms with Crippen LogP contribution in [0.3, 0.4) is 0 Å². The minimum Gasteiger partial charge on any atom is -0.309 e. The first-order valence-electron chi connectivity index (χ1n) is 18.9. The van der Waals surface area contributed by atoms with Crippen LogP contribution in [0.1, 0.15) is 0 Å². The molecule has 3 aromatic heterocycles. The van der Waals surface area contributed by atoms with E-state index in [1.54, 1.807) is 0 Å². The Morgan fingerprint density at radius 1 is 0.304 bits per heavy atom. The largest absolute Gasteiger partial charge is 0.309 e. The Balaban J connectivity index is 1.32. The zero-order valence-corrected chi connectivity index (χ0v) is 30.3. The number of para-hydroxylation sites is 4. The molecule has 0 radical (unpaired) electrons. The van der Waals surface area contributed by atoms with Crippen LogP contribution in [0.4, 0.5) is 0 Å². The highest BCUT2D eigenvalue weighted by atomic mass is 15.2. The topological polar surface area (TPSA) is 48.5 Å². The van der Waals surface area contributed by atoms with Crippen LogP contribution in [0.15, 0.2) is 200 Å². The normalized spacial score (nSPS) is 11.6. The highest BCUT2D eigenvalue weighted by Gasteiger charge is 2.25. The van der Waals surface area contributed by atoms with E-state index in [9.17, 15) is 0 Å². The monoisotopic (exact) mass is 715 g/mol. The molecule has 5 nitrogen and oxygen atoms in total. The third kappa shape index (κ3) is 5.06. The van der Waals surface area contributed by atoms with Gasteiger partial charge in [-0.25, -0.2) is 4.98 Å². The molecule has 11 rings (SSSR count). The Morgan fingerprint density at radius 2 is 0.786 bits per heavy atom. The van der Waals surface area contributed by atoms with Crippen LogP contribution < -0.4 is 0 Å². The second kappa shape index (κ2) is 13.0. The van der Waals surface area contributed by atoms with Crippen molar-refractivity contribution in [2.45, 2.75) is 0 Å². The van der Waals surface area contributed by atoms with Gasteiger partial charge < -0.3 is 4.57 Å². The number of nitrogens with zero attached hydrogens (tertiary/aromatic N) is 5. The summed E-state index contributed by atoms with van der Waals surface area (Å²) in [5, 5.41) is 4.65. The molecule has 262 valence electrons.